The fraction of sp³-hybridized carbons (Fsp3) is 0.333. The highest BCUT2D eigenvalue weighted by atomic mass is 16.4. The number of rotatable bonds is 3. The van der Waals surface area contributed by atoms with Gasteiger partial charge in [-0.3, -0.25) is 4.79 Å². The molecule has 0 spiro atoms. The van der Waals surface area contributed by atoms with E-state index in [1.54, 1.807) is 10.9 Å². The Balaban J connectivity index is 1.90. The summed E-state index contributed by atoms with van der Waals surface area (Å²) in [6.07, 6.45) is 3.72. The SMILES string of the molecule is CC1(C)[C@H](C(=O)O)[C@H]1c1cnn(-c2ccccc2)c1. The van der Waals surface area contributed by atoms with Gasteiger partial charge in [0, 0.05) is 12.1 Å². The molecule has 0 saturated heterocycles. The van der Waals surface area contributed by atoms with Crippen molar-refractivity contribution in [3.63, 3.8) is 0 Å². The first-order valence-corrected chi connectivity index (χ1v) is 6.34. The standard InChI is InChI=1S/C15H16N2O2/c1-15(2)12(13(15)14(18)19)10-8-16-17(9-10)11-6-4-3-5-7-11/h3-9,12-13H,1-2H3,(H,18,19)/t12-,13+/m1/s1. The number of para-hydroxylation sites is 1. The second-order valence-corrected chi connectivity index (χ2v) is 5.67. The van der Waals surface area contributed by atoms with Crippen LogP contribution in [0.15, 0.2) is 42.7 Å². The van der Waals surface area contributed by atoms with E-state index in [1.807, 2.05) is 50.4 Å². The van der Waals surface area contributed by atoms with Crippen LogP contribution >= 0.6 is 0 Å². The van der Waals surface area contributed by atoms with Crippen LogP contribution in [0.1, 0.15) is 25.3 Å². The molecule has 3 rings (SSSR count). The molecule has 1 fully saturated rings. The van der Waals surface area contributed by atoms with Crippen molar-refractivity contribution in [3.05, 3.63) is 48.3 Å². The first-order valence-electron chi connectivity index (χ1n) is 6.34. The molecule has 2 atom stereocenters. The molecule has 1 aromatic heterocycles. The number of carbonyl (C=O) groups is 1. The molecule has 1 aliphatic rings. The monoisotopic (exact) mass is 256 g/mol. The highest BCUT2D eigenvalue weighted by Crippen LogP contribution is 2.64. The van der Waals surface area contributed by atoms with E-state index in [0.717, 1.165) is 11.3 Å². The summed E-state index contributed by atoms with van der Waals surface area (Å²) in [4.78, 5) is 11.2. The Kier molecular flexibility index (Phi) is 2.49. The Hall–Kier alpha value is -2.10. The smallest absolute Gasteiger partial charge is 0.307 e. The molecule has 0 unspecified atom stereocenters. The predicted octanol–water partition coefficient (Wildman–Crippen LogP) is 2.70. The number of carboxylic acids is 1. The van der Waals surface area contributed by atoms with Crippen LogP contribution in [0.25, 0.3) is 5.69 Å². The van der Waals surface area contributed by atoms with E-state index in [1.165, 1.54) is 0 Å². The van der Waals surface area contributed by atoms with Crippen LogP contribution in [0.3, 0.4) is 0 Å². The zero-order valence-corrected chi connectivity index (χ0v) is 10.9. The van der Waals surface area contributed by atoms with Crippen LogP contribution in [0.4, 0.5) is 0 Å². The first-order chi connectivity index (χ1) is 9.01. The predicted molar refractivity (Wildman–Crippen MR) is 71.2 cm³/mol. The molecule has 4 nitrogen and oxygen atoms in total. The lowest BCUT2D eigenvalue weighted by Gasteiger charge is -2.00. The second-order valence-electron chi connectivity index (χ2n) is 5.67. The number of carboxylic acid groups (broad SMARTS) is 1. The zero-order chi connectivity index (χ0) is 13.6. The second kappa shape index (κ2) is 3.95. The van der Waals surface area contributed by atoms with Gasteiger partial charge in [0.25, 0.3) is 0 Å². The highest BCUT2D eigenvalue weighted by Gasteiger charge is 2.63. The van der Waals surface area contributed by atoms with Crippen molar-refractivity contribution in [3.8, 4) is 5.69 Å². The van der Waals surface area contributed by atoms with Gasteiger partial charge >= 0.3 is 5.97 Å². The van der Waals surface area contributed by atoms with Gasteiger partial charge in [-0.05, 0) is 23.1 Å². The molecule has 1 heterocycles. The molecule has 4 heteroatoms. The van der Waals surface area contributed by atoms with E-state index in [-0.39, 0.29) is 17.3 Å². The van der Waals surface area contributed by atoms with Crippen molar-refractivity contribution in [2.75, 3.05) is 0 Å². The third kappa shape index (κ3) is 1.84. The highest BCUT2D eigenvalue weighted by molar-refractivity contribution is 5.77. The van der Waals surface area contributed by atoms with Crippen LogP contribution in [-0.4, -0.2) is 20.9 Å². The van der Waals surface area contributed by atoms with Crippen LogP contribution in [0.2, 0.25) is 0 Å². The Morgan fingerprint density at radius 3 is 2.58 bits per heavy atom. The molecule has 19 heavy (non-hydrogen) atoms. The summed E-state index contributed by atoms with van der Waals surface area (Å²) >= 11 is 0. The number of aromatic nitrogens is 2. The molecule has 1 aliphatic carbocycles. The maximum Gasteiger partial charge on any atom is 0.307 e. The molecule has 0 amide bonds. The van der Waals surface area contributed by atoms with E-state index in [0.29, 0.717) is 0 Å². The Morgan fingerprint density at radius 2 is 2.00 bits per heavy atom. The van der Waals surface area contributed by atoms with Gasteiger partial charge < -0.3 is 5.11 Å². The Labute approximate surface area is 111 Å². The molecule has 0 radical (unpaired) electrons. The van der Waals surface area contributed by atoms with Crippen molar-refractivity contribution in [1.29, 1.82) is 0 Å². The van der Waals surface area contributed by atoms with Gasteiger partial charge in [0.1, 0.15) is 0 Å². The average molecular weight is 256 g/mol. The lowest BCUT2D eigenvalue weighted by Crippen LogP contribution is -2.03. The van der Waals surface area contributed by atoms with E-state index >= 15 is 0 Å². The fourth-order valence-electron chi connectivity index (χ4n) is 2.94. The van der Waals surface area contributed by atoms with Gasteiger partial charge in [0.05, 0.1) is 17.8 Å². The van der Waals surface area contributed by atoms with Gasteiger partial charge in [-0.2, -0.15) is 5.10 Å². The van der Waals surface area contributed by atoms with Crippen molar-refractivity contribution >= 4 is 5.97 Å². The third-order valence-electron chi connectivity index (χ3n) is 4.08. The van der Waals surface area contributed by atoms with Crippen LogP contribution in [0, 0.1) is 11.3 Å². The molecule has 1 saturated carbocycles. The van der Waals surface area contributed by atoms with Crippen molar-refractivity contribution in [2.24, 2.45) is 11.3 Å². The zero-order valence-electron chi connectivity index (χ0n) is 10.9. The average Bonchev–Trinajstić information content (AvgIpc) is 2.76. The minimum absolute atomic E-state index is 0.0578. The van der Waals surface area contributed by atoms with Crippen LogP contribution in [0.5, 0.6) is 0 Å². The van der Waals surface area contributed by atoms with Gasteiger partial charge in [0.2, 0.25) is 0 Å². The minimum atomic E-state index is -0.720. The van der Waals surface area contributed by atoms with Crippen molar-refractivity contribution in [2.45, 2.75) is 19.8 Å². The topological polar surface area (TPSA) is 55.1 Å². The molecule has 0 aliphatic heterocycles. The summed E-state index contributed by atoms with van der Waals surface area (Å²) in [6, 6.07) is 9.82. The minimum Gasteiger partial charge on any atom is -0.481 e. The van der Waals surface area contributed by atoms with Crippen LogP contribution < -0.4 is 0 Å². The molecule has 2 aromatic rings. The van der Waals surface area contributed by atoms with E-state index in [4.69, 9.17) is 0 Å². The summed E-state index contributed by atoms with van der Waals surface area (Å²) in [6.45, 7) is 3.99. The molecule has 98 valence electrons. The number of hydrogen-bond acceptors (Lipinski definition) is 2. The van der Waals surface area contributed by atoms with Gasteiger partial charge in [-0.15, -0.1) is 0 Å². The molecule has 1 N–H and O–H groups in total. The van der Waals surface area contributed by atoms with Crippen LogP contribution in [-0.2, 0) is 4.79 Å². The molecule has 0 bridgehead atoms. The number of hydrogen-bond donors (Lipinski definition) is 1. The van der Waals surface area contributed by atoms with E-state index in [9.17, 15) is 9.90 Å². The Bertz CT molecular complexity index is 616. The number of benzene rings is 1. The van der Waals surface area contributed by atoms with Crippen molar-refractivity contribution in [1.82, 2.24) is 9.78 Å². The maximum atomic E-state index is 11.2. The summed E-state index contributed by atoms with van der Waals surface area (Å²) in [5.74, 6) is -0.967. The normalized spacial score (nSPS) is 24.1. The third-order valence-corrected chi connectivity index (χ3v) is 4.08. The van der Waals surface area contributed by atoms with Gasteiger partial charge in [-0.25, -0.2) is 4.68 Å². The summed E-state index contributed by atoms with van der Waals surface area (Å²) < 4.78 is 1.79. The lowest BCUT2D eigenvalue weighted by molar-refractivity contribution is -0.139. The maximum absolute atomic E-state index is 11.2. The number of nitrogens with zero attached hydrogens (tertiary/aromatic N) is 2. The number of aliphatic carboxylic acids is 1. The van der Waals surface area contributed by atoms with Gasteiger partial charge in [-0.1, -0.05) is 32.0 Å². The summed E-state index contributed by atoms with van der Waals surface area (Å²) in [5, 5.41) is 13.5. The van der Waals surface area contributed by atoms with Gasteiger partial charge in [0.15, 0.2) is 0 Å². The summed E-state index contributed by atoms with van der Waals surface area (Å²) in [7, 11) is 0. The Morgan fingerprint density at radius 1 is 1.32 bits per heavy atom. The molecular formula is C15H16N2O2. The van der Waals surface area contributed by atoms with Crippen molar-refractivity contribution < 1.29 is 9.90 Å². The first kappa shape index (κ1) is 12.0. The lowest BCUT2D eigenvalue weighted by atomic mass is 10.1. The molecular weight excluding hydrogens is 240 g/mol. The van der Waals surface area contributed by atoms with E-state index < -0.39 is 5.97 Å². The summed E-state index contributed by atoms with van der Waals surface area (Å²) in [5.41, 5.74) is 1.80. The molecule has 1 aromatic carbocycles. The fourth-order valence-corrected chi connectivity index (χ4v) is 2.94. The van der Waals surface area contributed by atoms with E-state index in [2.05, 4.69) is 5.10 Å². The largest absolute Gasteiger partial charge is 0.481 e. The quantitative estimate of drug-likeness (QED) is 0.918.